The number of aromatic nitrogens is 2. The zero-order valence-electron chi connectivity index (χ0n) is 10.9. The Balaban J connectivity index is 2.22. The predicted molar refractivity (Wildman–Crippen MR) is 78.1 cm³/mol. The van der Waals surface area contributed by atoms with Crippen LogP contribution < -0.4 is 10.6 Å². The maximum absolute atomic E-state index is 6.03. The van der Waals surface area contributed by atoms with E-state index in [1.54, 1.807) is 6.20 Å². The van der Waals surface area contributed by atoms with Crippen LogP contribution in [0.2, 0.25) is 5.02 Å². The van der Waals surface area contributed by atoms with Crippen molar-refractivity contribution >= 4 is 17.4 Å². The minimum absolute atomic E-state index is 0.341. The van der Waals surface area contributed by atoms with Crippen molar-refractivity contribution in [1.82, 2.24) is 9.97 Å². The van der Waals surface area contributed by atoms with Gasteiger partial charge in [0.05, 0.1) is 23.0 Å². The van der Waals surface area contributed by atoms with E-state index in [9.17, 15) is 0 Å². The largest absolute Gasteiger partial charge is 0.351 e. The van der Waals surface area contributed by atoms with Crippen LogP contribution in [0.3, 0.4) is 0 Å². The van der Waals surface area contributed by atoms with Gasteiger partial charge in [-0.25, -0.2) is 4.98 Å². The normalized spacial score (nSPS) is 10.5. The summed E-state index contributed by atoms with van der Waals surface area (Å²) in [4.78, 5) is 11.0. The number of anilines is 1. The van der Waals surface area contributed by atoms with E-state index in [-0.39, 0.29) is 0 Å². The molecule has 2 rings (SSSR count). The molecule has 0 radical (unpaired) electrons. The molecule has 0 saturated carbocycles. The quantitative estimate of drug-likeness (QED) is 0.912. The first-order valence-electron chi connectivity index (χ1n) is 6.25. The van der Waals surface area contributed by atoms with Crippen molar-refractivity contribution in [2.75, 3.05) is 11.4 Å². The van der Waals surface area contributed by atoms with Gasteiger partial charge in [0.15, 0.2) is 0 Å². The van der Waals surface area contributed by atoms with E-state index in [0.717, 1.165) is 30.3 Å². The summed E-state index contributed by atoms with van der Waals surface area (Å²) in [7, 11) is 0. The summed E-state index contributed by atoms with van der Waals surface area (Å²) in [5.41, 5.74) is 7.37. The lowest BCUT2D eigenvalue weighted by Gasteiger charge is -2.22. The number of halogens is 1. The minimum atomic E-state index is 0.341. The Kier molecular flexibility index (Phi) is 4.71. The van der Waals surface area contributed by atoms with Gasteiger partial charge in [-0.2, -0.15) is 0 Å². The van der Waals surface area contributed by atoms with Crippen LogP contribution in [0.1, 0.15) is 18.3 Å². The molecule has 19 heavy (non-hydrogen) atoms. The van der Waals surface area contributed by atoms with Gasteiger partial charge in [0.2, 0.25) is 0 Å². The van der Waals surface area contributed by atoms with Gasteiger partial charge >= 0.3 is 0 Å². The number of hydrogen-bond acceptors (Lipinski definition) is 4. The summed E-state index contributed by atoms with van der Waals surface area (Å²) < 4.78 is 0. The van der Waals surface area contributed by atoms with Crippen molar-refractivity contribution in [1.29, 1.82) is 0 Å². The van der Waals surface area contributed by atoms with Gasteiger partial charge in [-0.05, 0) is 31.2 Å². The summed E-state index contributed by atoms with van der Waals surface area (Å²) in [6, 6.07) is 9.65. The maximum atomic E-state index is 6.03. The lowest BCUT2D eigenvalue weighted by Crippen LogP contribution is -2.24. The molecule has 0 spiro atoms. The molecule has 0 atom stereocenters. The van der Waals surface area contributed by atoms with Crippen molar-refractivity contribution in [2.45, 2.75) is 20.0 Å². The second-order valence-electron chi connectivity index (χ2n) is 4.14. The molecule has 0 saturated heterocycles. The molecular weight excluding hydrogens is 260 g/mol. The third-order valence-corrected chi connectivity index (χ3v) is 3.23. The molecule has 2 aromatic rings. The van der Waals surface area contributed by atoms with E-state index in [0.29, 0.717) is 11.6 Å². The van der Waals surface area contributed by atoms with E-state index in [1.807, 2.05) is 30.3 Å². The van der Waals surface area contributed by atoms with Crippen LogP contribution in [0, 0.1) is 0 Å². The highest BCUT2D eigenvalue weighted by Gasteiger charge is 2.09. The van der Waals surface area contributed by atoms with Gasteiger partial charge in [-0.3, -0.25) is 4.98 Å². The van der Waals surface area contributed by atoms with E-state index in [2.05, 4.69) is 21.8 Å². The summed E-state index contributed by atoms with van der Waals surface area (Å²) in [5.74, 6) is 0.873. The van der Waals surface area contributed by atoms with Gasteiger partial charge in [0.1, 0.15) is 5.82 Å². The first-order valence-corrected chi connectivity index (χ1v) is 6.62. The van der Waals surface area contributed by atoms with E-state index in [4.69, 9.17) is 17.3 Å². The summed E-state index contributed by atoms with van der Waals surface area (Å²) in [5, 5.41) is 0.611. The Morgan fingerprint density at radius 3 is 2.74 bits per heavy atom. The number of nitrogens with zero attached hydrogens (tertiary/aromatic N) is 3. The smallest absolute Gasteiger partial charge is 0.129 e. The fourth-order valence-corrected chi connectivity index (χ4v) is 2.02. The SMILES string of the molecule is CCN(Cc1ccccn1)c1ccc(Cl)c(CN)n1. The molecule has 0 aromatic carbocycles. The van der Waals surface area contributed by atoms with Crippen LogP contribution in [0.5, 0.6) is 0 Å². The highest BCUT2D eigenvalue weighted by molar-refractivity contribution is 6.31. The molecule has 0 amide bonds. The lowest BCUT2D eigenvalue weighted by atomic mass is 10.3. The average Bonchev–Trinajstić information content (AvgIpc) is 2.46. The van der Waals surface area contributed by atoms with Crippen molar-refractivity contribution in [2.24, 2.45) is 5.73 Å². The molecule has 4 nitrogen and oxygen atoms in total. The van der Waals surface area contributed by atoms with Crippen LogP contribution in [0.25, 0.3) is 0 Å². The molecule has 2 N–H and O–H groups in total. The molecule has 100 valence electrons. The number of rotatable bonds is 5. The van der Waals surface area contributed by atoms with Crippen molar-refractivity contribution in [3.63, 3.8) is 0 Å². The fraction of sp³-hybridized carbons (Fsp3) is 0.286. The first kappa shape index (κ1) is 13.8. The molecule has 0 unspecified atom stereocenters. The number of nitrogens with two attached hydrogens (primary N) is 1. The topological polar surface area (TPSA) is 55.0 Å². The van der Waals surface area contributed by atoms with Crippen LogP contribution in [-0.2, 0) is 13.1 Å². The van der Waals surface area contributed by atoms with Gasteiger partial charge < -0.3 is 10.6 Å². The Morgan fingerprint density at radius 1 is 1.26 bits per heavy atom. The van der Waals surface area contributed by atoms with Crippen LogP contribution in [-0.4, -0.2) is 16.5 Å². The molecular formula is C14H17ClN4. The van der Waals surface area contributed by atoms with Crippen LogP contribution in [0.15, 0.2) is 36.5 Å². The molecule has 0 fully saturated rings. The highest BCUT2D eigenvalue weighted by Crippen LogP contribution is 2.20. The van der Waals surface area contributed by atoms with E-state index >= 15 is 0 Å². The fourth-order valence-electron chi connectivity index (χ4n) is 1.83. The maximum Gasteiger partial charge on any atom is 0.129 e. The van der Waals surface area contributed by atoms with Gasteiger partial charge in [0, 0.05) is 19.3 Å². The average molecular weight is 277 g/mol. The lowest BCUT2D eigenvalue weighted by molar-refractivity contribution is 0.787. The van der Waals surface area contributed by atoms with Crippen LogP contribution >= 0.6 is 11.6 Å². The summed E-state index contributed by atoms with van der Waals surface area (Å²) >= 11 is 6.03. The van der Waals surface area contributed by atoms with Gasteiger partial charge in [0.25, 0.3) is 0 Å². The Morgan fingerprint density at radius 2 is 2.11 bits per heavy atom. The Labute approximate surface area is 118 Å². The van der Waals surface area contributed by atoms with E-state index in [1.165, 1.54) is 0 Å². The number of pyridine rings is 2. The predicted octanol–water partition coefficient (Wildman–Crippen LogP) is 2.62. The molecule has 0 aliphatic carbocycles. The van der Waals surface area contributed by atoms with Crippen molar-refractivity contribution in [3.05, 3.63) is 52.9 Å². The summed E-state index contributed by atoms with van der Waals surface area (Å²) in [6.45, 7) is 3.99. The zero-order valence-corrected chi connectivity index (χ0v) is 11.6. The monoisotopic (exact) mass is 276 g/mol. The molecule has 0 aliphatic heterocycles. The van der Waals surface area contributed by atoms with Crippen LogP contribution in [0.4, 0.5) is 5.82 Å². The van der Waals surface area contributed by atoms with E-state index < -0.39 is 0 Å². The molecule has 0 aliphatic rings. The standard InChI is InChI=1S/C14H17ClN4/c1-2-19(10-11-5-3-4-8-17-11)14-7-6-12(15)13(9-16)18-14/h3-8H,2,9-10,16H2,1H3. The van der Waals surface area contributed by atoms with Crippen molar-refractivity contribution in [3.8, 4) is 0 Å². The molecule has 0 bridgehead atoms. The zero-order chi connectivity index (χ0) is 13.7. The number of hydrogen-bond donors (Lipinski definition) is 1. The first-order chi connectivity index (χ1) is 9.24. The van der Waals surface area contributed by atoms with Gasteiger partial charge in [-0.15, -0.1) is 0 Å². The second-order valence-corrected chi connectivity index (χ2v) is 4.54. The Hall–Kier alpha value is -1.65. The van der Waals surface area contributed by atoms with Gasteiger partial charge in [-0.1, -0.05) is 17.7 Å². The molecule has 2 heterocycles. The van der Waals surface area contributed by atoms with Crippen molar-refractivity contribution < 1.29 is 0 Å². The molecule has 2 aromatic heterocycles. The third-order valence-electron chi connectivity index (χ3n) is 2.88. The Bertz CT molecular complexity index is 530. The highest BCUT2D eigenvalue weighted by atomic mass is 35.5. The second kappa shape index (κ2) is 6.50. The third kappa shape index (κ3) is 3.43. The minimum Gasteiger partial charge on any atom is -0.351 e. The molecule has 5 heteroatoms. The summed E-state index contributed by atoms with van der Waals surface area (Å²) in [6.07, 6.45) is 1.80.